The predicted molar refractivity (Wildman–Crippen MR) is 139 cm³/mol. The lowest BCUT2D eigenvalue weighted by molar-refractivity contribution is 0.154. The Kier molecular flexibility index (Phi) is 8.82. The van der Waals surface area contributed by atoms with E-state index in [4.69, 9.17) is 0 Å². The van der Waals surface area contributed by atoms with E-state index in [1.54, 1.807) is 0 Å². The van der Waals surface area contributed by atoms with Crippen molar-refractivity contribution >= 4 is 0 Å². The summed E-state index contributed by atoms with van der Waals surface area (Å²) in [5, 5.41) is 0. The molecule has 1 heteroatoms. The highest BCUT2D eigenvalue weighted by molar-refractivity contribution is 5.28. The highest BCUT2D eigenvalue weighted by Gasteiger charge is 2.32. The Balaban J connectivity index is 1.22. The van der Waals surface area contributed by atoms with E-state index < -0.39 is 0 Å². The van der Waals surface area contributed by atoms with Gasteiger partial charge in [0.25, 0.3) is 0 Å². The second kappa shape index (κ2) is 12.0. The van der Waals surface area contributed by atoms with Gasteiger partial charge in [-0.25, -0.2) is 4.39 Å². The molecule has 1 unspecified atom stereocenters. The summed E-state index contributed by atoms with van der Waals surface area (Å²) in [5.74, 6) is 3.98. The first-order chi connectivity index (χ1) is 16.1. The summed E-state index contributed by atoms with van der Waals surface area (Å²) in [5.41, 5.74) is 3.60. The van der Waals surface area contributed by atoms with Crippen LogP contribution in [0.5, 0.6) is 0 Å². The average molecular weight is 447 g/mol. The maximum Gasteiger partial charge on any atom is 0.126 e. The molecule has 0 spiro atoms. The predicted octanol–water partition coefficient (Wildman–Crippen LogP) is 9.61. The molecule has 0 radical (unpaired) electrons. The minimum Gasteiger partial charge on any atom is -0.207 e. The van der Waals surface area contributed by atoms with E-state index in [1.807, 2.05) is 25.1 Å². The van der Waals surface area contributed by atoms with Gasteiger partial charge in [0.15, 0.2) is 0 Å². The van der Waals surface area contributed by atoms with E-state index in [1.165, 1.54) is 68.9 Å². The fourth-order valence-electron chi connectivity index (χ4n) is 6.66. The Bertz CT molecular complexity index is 867. The molecule has 1 atom stereocenters. The van der Waals surface area contributed by atoms with Crippen molar-refractivity contribution in [3.63, 3.8) is 0 Å². The van der Waals surface area contributed by atoms with E-state index in [9.17, 15) is 4.39 Å². The third kappa shape index (κ3) is 6.58. The van der Waals surface area contributed by atoms with Gasteiger partial charge in [-0.05, 0) is 117 Å². The second-order valence-electron chi connectivity index (χ2n) is 10.9. The number of benzene rings is 2. The summed E-state index contributed by atoms with van der Waals surface area (Å²) in [6, 6.07) is 17.1. The lowest BCUT2D eigenvalue weighted by atomic mass is 9.67. The van der Waals surface area contributed by atoms with Crippen LogP contribution < -0.4 is 0 Å². The van der Waals surface area contributed by atoms with Crippen LogP contribution in [-0.4, -0.2) is 0 Å². The fraction of sp³-hybridized carbons (Fsp3) is 0.562. The van der Waals surface area contributed by atoms with Crippen LogP contribution in [0.1, 0.15) is 107 Å². The zero-order valence-electron chi connectivity index (χ0n) is 20.8. The second-order valence-corrected chi connectivity index (χ2v) is 10.9. The van der Waals surface area contributed by atoms with E-state index in [0.717, 1.165) is 36.2 Å². The molecule has 0 N–H and O–H groups in total. The molecule has 2 aliphatic carbocycles. The number of aryl methyl sites for hydroxylation is 1. The number of halogens is 1. The van der Waals surface area contributed by atoms with Crippen LogP contribution in [-0.2, 0) is 6.42 Å². The first-order valence-electron chi connectivity index (χ1n) is 13.6. The Labute approximate surface area is 201 Å². The molecule has 0 bridgehead atoms. The molecule has 2 aliphatic rings. The molecule has 0 heterocycles. The van der Waals surface area contributed by atoms with Gasteiger partial charge in [-0.15, -0.1) is 0 Å². The van der Waals surface area contributed by atoms with Crippen molar-refractivity contribution in [1.29, 1.82) is 0 Å². The Morgan fingerprint density at radius 2 is 1.55 bits per heavy atom. The normalized spacial score (nSPS) is 27.0. The van der Waals surface area contributed by atoms with Gasteiger partial charge < -0.3 is 0 Å². The van der Waals surface area contributed by atoms with Crippen LogP contribution in [0, 0.1) is 23.6 Å². The van der Waals surface area contributed by atoms with Crippen LogP contribution in [0.15, 0.2) is 60.7 Å². The SMILES string of the molecule is C/C=C/CCc1ccc(C2CCC(C3CCC(CC(C)c4ccccc4)CC3)CC2)cc1F. The Morgan fingerprint density at radius 1 is 0.879 bits per heavy atom. The highest BCUT2D eigenvalue weighted by atomic mass is 19.1. The summed E-state index contributed by atoms with van der Waals surface area (Å²) in [7, 11) is 0. The molecule has 2 saturated carbocycles. The van der Waals surface area contributed by atoms with Crippen molar-refractivity contribution < 1.29 is 4.39 Å². The monoisotopic (exact) mass is 446 g/mol. The van der Waals surface area contributed by atoms with Gasteiger partial charge >= 0.3 is 0 Å². The summed E-state index contributed by atoms with van der Waals surface area (Å²) < 4.78 is 14.6. The van der Waals surface area contributed by atoms with Gasteiger partial charge in [-0.2, -0.15) is 0 Å². The lowest BCUT2D eigenvalue weighted by Gasteiger charge is -2.38. The molecule has 0 aliphatic heterocycles. The molecular weight excluding hydrogens is 403 g/mol. The Morgan fingerprint density at radius 3 is 2.18 bits per heavy atom. The molecule has 33 heavy (non-hydrogen) atoms. The van der Waals surface area contributed by atoms with Gasteiger partial charge in [-0.3, -0.25) is 0 Å². The maximum atomic E-state index is 14.6. The molecular formula is C32H43F. The third-order valence-electron chi connectivity index (χ3n) is 8.75. The van der Waals surface area contributed by atoms with Crippen molar-refractivity contribution in [2.24, 2.45) is 17.8 Å². The minimum atomic E-state index is 0.00202. The van der Waals surface area contributed by atoms with Crippen molar-refractivity contribution in [3.05, 3.63) is 83.2 Å². The average Bonchev–Trinajstić information content (AvgIpc) is 2.86. The zero-order valence-corrected chi connectivity index (χ0v) is 20.8. The van der Waals surface area contributed by atoms with E-state index in [2.05, 4.69) is 49.4 Å². The smallest absolute Gasteiger partial charge is 0.126 e. The summed E-state index contributed by atoms with van der Waals surface area (Å²) in [4.78, 5) is 0. The Hall–Kier alpha value is -1.89. The quantitative estimate of drug-likeness (QED) is 0.354. The molecule has 0 nitrogen and oxygen atoms in total. The zero-order chi connectivity index (χ0) is 23.0. The third-order valence-corrected chi connectivity index (χ3v) is 8.75. The highest BCUT2D eigenvalue weighted by Crippen LogP contribution is 2.45. The van der Waals surface area contributed by atoms with Crippen LogP contribution in [0.2, 0.25) is 0 Å². The number of hydrogen-bond donors (Lipinski definition) is 0. The van der Waals surface area contributed by atoms with E-state index in [-0.39, 0.29) is 5.82 Å². The first kappa shape index (κ1) is 24.2. The minimum absolute atomic E-state index is 0.00202. The molecule has 0 aromatic heterocycles. The molecule has 0 saturated heterocycles. The first-order valence-corrected chi connectivity index (χ1v) is 13.6. The summed E-state index contributed by atoms with van der Waals surface area (Å²) in [6.45, 7) is 4.42. The molecule has 2 aromatic carbocycles. The van der Waals surface area contributed by atoms with Gasteiger partial charge in [-0.1, -0.05) is 74.4 Å². The van der Waals surface area contributed by atoms with Crippen molar-refractivity contribution in [2.75, 3.05) is 0 Å². The van der Waals surface area contributed by atoms with Crippen LogP contribution in [0.25, 0.3) is 0 Å². The summed E-state index contributed by atoms with van der Waals surface area (Å²) >= 11 is 0. The topological polar surface area (TPSA) is 0 Å². The molecule has 2 fully saturated rings. The van der Waals surface area contributed by atoms with E-state index in [0.29, 0.717) is 11.8 Å². The molecule has 0 amide bonds. The van der Waals surface area contributed by atoms with Gasteiger partial charge in [0.05, 0.1) is 0 Å². The van der Waals surface area contributed by atoms with Crippen LogP contribution in [0.4, 0.5) is 4.39 Å². The van der Waals surface area contributed by atoms with Gasteiger partial charge in [0.2, 0.25) is 0 Å². The van der Waals surface area contributed by atoms with Crippen molar-refractivity contribution in [3.8, 4) is 0 Å². The number of rotatable bonds is 8. The van der Waals surface area contributed by atoms with E-state index >= 15 is 0 Å². The number of allylic oxidation sites excluding steroid dienone is 2. The largest absolute Gasteiger partial charge is 0.207 e. The lowest BCUT2D eigenvalue weighted by Crippen LogP contribution is -2.26. The maximum absolute atomic E-state index is 14.6. The molecule has 4 rings (SSSR count). The molecule has 178 valence electrons. The summed E-state index contributed by atoms with van der Waals surface area (Å²) in [6.07, 6.45) is 18.1. The van der Waals surface area contributed by atoms with Crippen molar-refractivity contribution in [2.45, 2.75) is 96.3 Å². The van der Waals surface area contributed by atoms with Gasteiger partial charge in [0.1, 0.15) is 5.82 Å². The van der Waals surface area contributed by atoms with Gasteiger partial charge in [0, 0.05) is 0 Å². The fourth-order valence-corrected chi connectivity index (χ4v) is 6.66. The standard InChI is InChI=1S/C32H43F/c1-3-4-6-11-30-20-21-31(23-32(30)33)29-18-16-28(17-19-29)27-14-12-25(13-15-27)22-24(2)26-9-7-5-8-10-26/h3-5,7-10,20-21,23-25,27-29H,6,11-19,22H2,1-2H3/b4-3+. The van der Waals surface area contributed by atoms with Crippen LogP contribution >= 0.6 is 0 Å². The van der Waals surface area contributed by atoms with Crippen molar-refractivity contribution in [1.82, 2.24) is 0 Å². The molecule has 2 aromatic rings. The van der Waals surface area contributed by atoms with Crippen LogP contribution in [0.3, 0.4) is 0 Å². The number of hydrogen-bond acceptors (Lipinski definition) is 0.